The van der Waals surface area contributed by atoms with Crippen LogP contribution in [0.1, 0.15) is 30.5 Å². The Kier molecular flexibility index (Phi) is 2.63. The number of hydrogen-bond acceptors (Lipinski definition) is 4. The highest BCUT2D eigenvalue weighted by molar-refractivity contribution is 6.30. The smallest absolute Gasteiger partial charge is 0.337 e. The summed E-state index contributed by atoms with van der Waals surface area (Å²) in [5.74, 6) is 0.521. The number of aromatic nitrogens is 4. The first kappa shape index (κ1) is 10.8. The van der Waals surface area contributed by atoms with Gasteiger partial charge >= 0.3 is 6.01 Å². The SMILES string of the molecule is COc1nc2nc3c(c(Cl)n2n1)CCCCC3. The Balaban J connectivity index is 2.23. The zero-order valence-corrected chi connectivity index (χ0v) is 10.4. The fourth-order valence-corrected chi connectivity index (χ4v) is 2.55. The van der Waals surface area contributed by atoms with E-state index >= 15 is 0 Å². The third-order valence-electron chi connectivity index (χ3n) is 3.11. The fraction of sp³-hybridized carbons (Fsp3) is 0.545. The number of methoxy groups -OCH3 is 1. The molecule has 0 saturated carbocycles. The Morgan fingerprint density at radius 2 is 2.00 bits per heavy atom. The highest BCUT2D eigenvalue weighted by atomic mass is 35.5. The lowest BCUT2D eigenvalue weighted by atomic mass is 10.1. The maximum absolute atomic E-state index is 6.37. The molecule has 2 aromatic heterocycles. The van der Waals surface area contributed by atoms with E-state index in [4.69, 9.17) is 16.3 Å². The van der Waals surface area contributed by atoms with Crippen LogP contribution in [0.3, 0.4) is 0 Å². The quantitative estimate of drug-likeness (QED) is 0.576. The van der Waals surface area contributed by atoms with Crippen molar-refractivity contribution in [3.8, 4) is 6.01 Å². The maximum atomic E-state index is 6.37. The molecule has 2 aromatic rings. The Morgan fingerprint density at radius 3 is 2.82 bits per heavy atom. The van der Waals surface area contributed by atoms with Crippen molar-refractivity contribution in [2.45, 2.75) is 32.1 Å². The van der Waals surface area contributed by atoms with Gasteiger partial charge in [0.2, 0.25) is 0 Å². The molecule has 0 radical (unpaired) electrons. The molecule has 0 spiro atoms. The van der Waals surface area contributed by atoms with Gasteiger partial charge in [-0.25, -0.2) is 4.98 Å². The van der Waals surface area contributed by atoms with Gasteiger partial charge < -0.3 is 4.74 Å². The molecule has 0 aromatic carbocycles. The zero-order chi connectivity index (χ0) is 11.8. The summed E-state index contributed by atoms with van der Waals surface area (Å²) < 4.78 is 6.56. The normalized spacial score (nSPS) is 15.6. The van der Waals surface area contributed by atoms with E-state index in [1.807, 2.05) is 0 Å². The van der Waals surface area contributed by atoms with E-state index in [-0.39, 0.29) is 0 Å². The molecule has 0 amide bonds. The average Bonchev–Trinajstić information content (AvgIpc) is 2.60. The fourth-order valence-electron chi connectivity index (χ4n) is 2.24. The van der Waals surface area contributed by atoms with Gasteiger partial charge in [0.05, 0.1) is 12.8 Å². The number of hydrogen-bond donors (Lipinski definition) is 0. The molecule has 0 atom stereocenters. The van der Waals surface area contributed by atoms with Gasteiger partial charge in [-0.15, -0.1) is 5.10 Å². The van der Waals surface area contributed by atoms with E-state index in [9.17, 15) is 0 Å². The van der Waals surface area contributed by atoms with Crippen molar-refractivity contribution in [2.24, 2.45) is 0 Å². The van der Waals surface area contributed by atoms with Crippen molar-refractivity contribution in [3.63, 3.8) is 0 Å². The predicted octanol–water partition coefficient (Wildman–Crippen LogP) is 2.06. The molecule has 1 aliphatic rings. The summed E-state index contributed by atoms with van der Waals surface area (Å²) in [6.07, 6.45) is 5.50. The van der Waals surface area contributed by atoms with Crippen molar-refractivity contribution < 1.29 is 4.74 Å². The van der Waals surface area contributed by atoms with Crippen LogP contribution in [0.2, 0.25) is 5.15 Å². The van der Waals surface area contributed by atoms with Gasteiger partial charge in [-0.2, -0.15) is 9.50 Å². The summed E-state index contributed by atoms with van der Waals surface area (Å²) >= 11 is 6.37. The first-order valence-electron chi connectivity index (χ1n) is 5.77. The number of nitrogens with zero attached hydrogens (tertiary/aromatic N) is 4. The van der Waals surface area contributed by atoms with Crippen LogP contribution in [0.25, 0.3) is 5.78 Å². The molecular formula is C11H13ClN4O. The molecule has 2 heterocycles. The maximum Gasteiger partial charge on any atom is 0.337 e. The molecule has 3 rings (SSSR count). The number of aryl methyl sites for hydroxylation is 1. The summed E-state index contributed by atoms with van der Waals surface area (Å²) in [6.45, 7) is 0. The molecule has 90 valence electrons. The van der Waals surface area contributed by atoms with Crippen molar-refractivity contribution >= 4 is 17.4 Å². The van der Waals surface area contributed by atoms with Gasteiger partial charge in [-0.05, 0) is 25.7 Å². The predicted molar refractivity (Wildman–Crippen MR) is 63.6 cm³/mol. The van der Waals surface area contributed by atoms with Crippen LogP contribution in [0.15, 0.2) is 0 Å². The van der Waals surface area contributed by atoms with E-state index in [1.165, 1.54) is 13.5 Å². The Bertz CT molecular complexity index is 566. The van der Waals surface area contributed by atoms with Crippen LogP contribution >= 0.6 is 11.6 Å². The summed E-state index contributed by atoms with van der Waals surface area (Å²) in [4.78, 5) is 8.69. The highest BCUT2D eigenvalue weighted by Crippen LogP contribution is 2.26. The zero-order valence-electron chi connectivity index (χ0n) is 9.61. The molecule has 0 bridgehead atoms. The minimum absolute atomic E-state index is 0.305. The van der Waals surface area contributed by atoms with E-state index < -0.39 is 0 Å². The summed E-state index contributed by atoms with van der Waals surface area (Å²) in [7, 11) is 1.54. The summed E-state index contributed by atoms with van der Waals surface area (Å²) in [5, 5.41) is 4.79. The van der Waals surface area contributed by atoms with Gasteiger partial charge in [-0.1, -0.05) is 18.0 Å². The van der Waals surface area contributed by atoms with E-state index in [0.717, 1.165) is 36.9 Å². The minimum atomic E-state index is 0.305. The lowest BCUT2D eigenvalue weighted by Gasteiger charge is -2.07. The lowest BCUT2D eigenvalue weighted by Crippen LogP contribution is -2.04. The Hall–Kier alpha value is -1.36. The van der Waals surface area contributed by atoms with E-state index in [2.05, 4.69) is 15.1 Å². The number of halogens is 1. The van der Waals surface area contributed by atoms with Crippen LogP contribution in [-0.2, 0) is 12.8 Å². The molecule has 6 heteroatoms. The van der Waals surface area contributed by atoms with Gasteiger partial charge in [0.25, 0.3) is 5.78 Å². The first-order valence-corrected chi connectivity index (χ1v) is 6.15. The van der Waals surface area contributed by atoms with E-state index in [1.54, 1.807) is 4.52 Å². The molecule has 5 nitrogen and oxygen atoms in total. The monoisotopic (exact) mass is 252 g/mol. The van der Waals surface area contributed by atoms with Gasteiger partial charge in [-0.3, -0.25) is 0 Å². The lowest BCUT2D eigenvalue weighted by molar-refractivity contribution is 0.380. The standard InChI is InChI=1S/C11H13ClN4O/c1-17-11-14-10-13-8-6-4-2-3-5-7(8)9(12)16(10)15-11/h2-6H2,1H3. The number of rotatable bonds is 1. The van der Waals surface area contributed by atoms with Crippen LogP contribution in [-0.4, -0.2) is 26.7 Å². The third-order valence-corrected chi connectivity index (χ3v) is 3.50. The minimum Gasteiger partial charge on any atom is -0.466 e. The molecule has 17 heavy (non-hydrogen) atoms. The van der Waals surface area contributed by atoms with Crippen LogP contribution in [0, 0.1) is 0 Å². The summed E-state index contributed by atoms with van der Waals surface area (Å²) in [6, 6.07) is 0.305. The van der Waals surface area contributed by atoms with Gasteiger partial charge in [0.1, 0.15) is 5.15 Å². The van der Waals surface area contributed by atoms with Gasteiger partial charge in [0.15, 0.2) is 0 Å². The molecule has 0 fully saturated rings. The van der Waals surface area contributed by atoms with Crippen LogP contribution in [0.5, 0.6) is 6.01 Å². The van der Waals surface area contributed by atoms with Crippen molar-refractivity contribution in [1.82, 2.24) is 19.6 Å². The second-order valence-electron chi connectivity index (χ2n) is 4.20. The first-order chi connectivity index (χ1) is 8.29. The van der Waals surface area contributed by atoms with Gasteiger partial charge in [0, 0.05) is 5.56 Å². The van der Waals surface area contributed by atoms with E-state index in [0.29, 0.717) is 16.9 Å². The molecule has 0 aliphatic heterocycles. The largest absolute Gasteiger partial charge is 0.466 e. The molecule has 0 saturated heterocycles. The van der Waals surface area contributed by atoms with Crippen molar-refractivity contribution in [2.75, 3.05) is 7.11 Å². The highest BCUT2D eigenvalue weighted by Gasteiger charge is 2.18. The molecule has 1 aliphatic carbocycles. The molecule has 0 unspecified atom stereocenters. The number of fused-ring (bicyclic) bond motifs is 2. The third kappa shape index (κ3) is 1.74. The topological polar surface area (TPSA) is 52.3 Å². The second-order valence-corrected chi connectivity index (χ2v) is 4.56. The Labute approximate surface area is 104 Å². The van der Waals surface area contributed by atoms with Crippen LogP contribution < -0.4 is 4.74 Å². The molecule has 0 N–H and O–H groups in total. The van der Waals surface area contributed by atoms with Crippen LogP contribution in [0.4, 0.5) is 0 Å². The van der Waals surface area contributed by atoms with Crippen molar-refractivity contribution in [1.29, 1.82) is 0 Å². The number of ether oxygens (including phenoxy) is 1. The summed E-state index contributed by atoms with van der Waals surface area (Å²) in [5.41, 5.74) is 2.18. The van der Waals surface area contributed by atoms with Crippen molar-refractivity contribution in [3.05, 3.63) is 16.4 Å². The second kappa shape index (κ2) is 4.14. The Morgan fingerprint density at radius 1 is 1.18 bits per heavy atom. The average molecular weight is 253 g/mol. The molecular weight excluding hydrogens is 240 g/mol.